The van der Waals surface area contributed by atoms with Gasteiger partial charge < -0.3 is 14.2 Å². The van der Waals surface area contributed by atoms with Crippen molar-refractivity contribution in [2.45, 2.75) is 412 Å². The van der Waals surface area contributed by atoms with Crippen molar-refractivity contribution in [3.05, 3.63) is 48.6 Å². The zero-order valence-electron chi connectivity index (χ0n) is 56.0. The number of hydrogen-bond acceptors (Lipinski definition) is 6. The van der Waals surface area contributed by atoms with E-state index in [1.165, 1.54) is 295 Å². The Kier molecular flexibility index (Phi) is 69.6. The molecule has 0 saturated carbocycles. The lowest BCUT2D eigenvalue weighted by atomic mass is 10.0. The highest BCUT2D eigenvalue weighted by atomic mass is 16.6. The molecule has 486 valence electrons. The lowest BCUT2D eigenvalue weighted by Crippen LogP contribution is -2.30. The van der Waals surface area contributed by atoms with Crippen LogP contribution in [0.2, 0.25) is 0 Å². The third-order valence-corrected chi connectivity index (χ3v) is 16.8. The van der Waals surface area contributed by atoms with Crippen molar-refractivity contribution in [1.29, 1.82) is 0 Å². The van der Waals surface area contributed by atoms with Gasteiger partial charge in [0.15, 0.2) is 6.10 Å². The van der Waals surface area contributed by atoms with E-state index >= 15 is 0 Å². The van der Waals surface area contributed by atoms with Crippen molar-refractivity contribution in [1.82, 2.24) is 0 Å². The third-order valence-electron chi connectivity index (χ3n) is 16.8. The van der Waals surface area contributed by atoms with Gasteiger partial charge >= 0.3 is 17.9 Å². The van der Waals surface area contributed by atoms with Crippen molar-refractivity contribution in [3.8, 4) is 0 Å². The molecule has 0 aromatic carbocycles. The van der Waals surface area contributed by atoms with E-state index in [4.69, 9.17) is 14.2 Å². The summed E-state index contributed by atoms with van der Waals surface area (Å²) in [5.74, 6) is -0.855. The van der Waals surface area contributed by atoms with Crippen LogP contribution in [0.4, 0.5) is 0 Å². The number of rotatable bonds is 69. The molecule has 83 heavy (non-hydrogen) atoms. The first-order valence-electron chi connectivity index (χ1n) is 37.1. The Morgan fingerprint density at radius 3 is 0.699 bits per heavy atom. The van der Waals surface area contributed by atoms with E-state index in [1.54, 1.807) is 0 Å². The van der Waals surface area contributed by atoms with Gasteiger partial charge in [0.05, 0.1) is 0 Å². The molecule has 0 amide bonds. The van der Waals surface area contributed by atoms with Gasteiger partial charge in [-0.2, -0.15) is 0 Å². The van der Waals surface area contributed by atoms with Crippen molar-refractivity contribution in [2.75, 3.05) is 13.2 Å². The zero-order valence-corrected chi connectivity index (χ0v) is 56.0. The maximum atomic E-state index is 13.0. The van der Waals surface area contributed by atoms with E-state index in [9.17, 15) is 14.4 Å². The highest BCUT2D eigenvalue weighted by Gasteiger charge is 2.19. The molecule has 0 rings (SSSR count). The topological polar surface area (TPSA) is 78.9 Å². The number of allylic oxidation sites excluding steroid dienone is 8. The van der Waals surface area contributed by atoms with Gasteiger partial charge in [0.1, 0.15) is 13.2 Å². The minimum atomic E-state index is -0.778. The fourth-order valence-corrected chi connectivity index (χ4v) is 11.2. The van der Waals surface area contributed by atoms with E-state index in [1.807, 2.05) is 0 Å². The number of ether oxygens (including phenoxy) is 3. The lowest BCUT2D eigenvalue weighted by molar-refractivity contribution is -0.167. The van der Waals surface area contributed by atoms with Gasteiger partial charge in [-0.05, 0) is 103 Å². The number of esters is 3. The molecule has 6 heteroatoms. The first-order chi connectivity index (χ1) is 41.0. The monoisotopic (exact) mass is 1160 g/mol. The van der Waals surface area contributed by atoms with E-state index in [2.05, 4.69) is 69.4 Å². The minimum Gasteiger partial charge on any atom is -0.462 e. The molecule has 0 heterocycles. The van der Waals surface area contributed by atoms with Crippen LogP contribution in [0.5, 0.6) is 0 Å². The van der Waals surface area contributed by atoms with Gasteiger partial charge in [0.2, 0.25) is 0 Å². The van der Waals surface area contributed by atoms with Crippen molar-refractivity contribution < 1.29 is 28.6 Å². The summed E-state index contributed by atoms with van der Waals surface area (Å²) < 4.78 is 17.0. The van der Waals surface area contributed by atoms with Crippen LogP contribution in [0.1, 0.15) is 406 Å². The Morgan fingerprint density at radius 2 is 0.434 bits per heavy atom. The van der Waals surface area contributed by atoms with Gasteiger partial charge in [0.25, 0.3) is 0 Å². The maximum absolute atomic E-state index is 13.0. The Hall–Kier alpha value is -2.63. The third kappa shape index (κ3) is 70.0. The predicted molar refractivity (Wildman–Crippen MR) is 362 cm³/mol. The molecule has 1 atom stereocenters. The largest absolute Gasteiger partial charge is 0.462 e. The fourth-order valence-electron chi connectivity index (χ4n) is 11.2. The van der Waals surface area contributed by atoms with Crippen LogP contribution < -0.4 is 0 Å². The van der Waals surface area contributed by atoms with Gasteiger partial charge in [-0.25, -0.2) is 0 Å². The number of carbonyl (C=O) groups excluding carboxylic acids is 3. The van der Waals surface area contributed by atoms with Crippen LogP contribution in [0.25, 0.3) is 0 Å². The van der Waals surface area contributed by atoms with Gasteiger partial charge in [-0.1, -0.05) is 333 Å². The molecule has 0 spiro atoms. The van der Waals surface area contributed by atoms with E-state index in [-0.39, 0.29) is 31.1 Å². The first-order valence-corrected chi connectivity index (χ1v) is 37.1. The lowest BCUT2D eigenvalue weighted by Gasteiger charge is -2.18. The van der Waals surface area contributed by atoms with Gasteiger partial charge in [-0.3, -0.25) is 14.4 Å². The highest BCUT2D eigenvalue weighted by Crippen LogP contribution is 2.18. The highest BCUT2D eigenvalue weighted by molar-refractivity contribution is 5.71. The average molecular weight is 1160 g/mol. The summed E-state index contributed by atoms with van der Waals surface area (Å²) >= 11 is 0. The van der Waals surface area contributed by atoms with Gasteiger partial charge in [-0.15, -0.1) is 0 Å². The summed E-state index contributed by atoms with van der Waals surface area (Å²) in [6, 6.07) is 0. The second kappa shape index (κ2) is 71.8. The Bertz CT molecular complexity index is 1430. The number of carbonyl (C=O) groups is 3. The first kappa shape index (κ1) is 80.4. The summed E-state index contributed by atoms with van der Waals surface area (Å²) in [5.41, 5.74) is 0. The van der Waals surface area contributed by atoms with E-state index < -0.39 is 6.10 Å². The molecule has 0 N–H and O–H groups in total. The van der Waals surface area contributed by atoms with Gasteiger partial charge in [0, 0.05) is 19.3 Å². The van der Waals surface area contributed by atoms with Crippen LogP contribution >= 0.6 is 0 Å². The Morgan fingerprint density at radius 1 is 0.241 bits per heavy atom. The van der Waals surface area contributed by atoms with Crippen molar-refractivity contribution >= 4 is 17.9 Å². The Labute approximate surface area is 518 Å². The smallest absolute Gasteiger partial charge is 0.306 e. The molecule has 6 nitrogen and oxygen atoms in total. The summed E-state index contributed by atoms with van der Waals surface area (Å²) in [5, 5.41) is 0. The fraction of sp³-hybridized carbons (Fsp3) is 0.857. The molecular formula is C77H142O6. The van der Waals surface area contributed by atoms with Crippen molar-refractivity contribution in [3.63, 3.8) is 0 Å². The Balaban J connectivity index is 4.28. The molecular weight excluding hydrogens is 1020 g/mol. The second-order valence-electron chi connectivity index (χ2n) is 25.2. The summed E-state index contributed by atoms with van der Waals surface area (Å²) in [6.45, 7) is 6.68. The predicted octanol–water partition coefficient (Wildman–Crippen LogP) is 25.7. The molecule has 0 bridgehead atoms. The van der Waals surface area contributed by atoms with Crippen LogP contribution in [0.15, 0.2) is 48.6 Å². The number of hydrogen-bond donors (Lipinski definition) is 0. The molecule has 0 fully saturated rings. The van der Waals surface area contributed by atoms with Crippen LogP contribution in [0, 0.1) is 0 Å². The molecule has 0 radical (unpaired) electrons. The van der Waals surface area contributed by atoms with E-state index in [0.29, 0.717) is 19.3 Å². The molecule has 0 aromatic heterocycles. The molecule has 0 aliphatic rings. The molecule has 0 aliphatic heterocycles. The summed E-state index contributed by atoms with van der Waals surface area (Å²) in [6.07, 6.45) is 91.5. The van der Waals surface area contributed by atoms with Crippen LogP contribution in [-0.2, 0) is 28.6 Å². The molecule has 0 saturated heterocycles. The zero-order chi connectivity index (χ0) is 59.9. The second-order valence-corrected chi connectivity index (χ2v) is 25.2. The maximum Gasteiger partial charge on any atom is 0.306 e. The quantitative estimate of drug-likeness (QED) is 0.0261. The number of unbranched alkanes of at least 4 members (excludes halogenated alkanes) is 50. The van der Waals surface area contributed by atoms with Crippen LogP contribution in [-0.4, -0.2) is 37.2 Å². The minimum absolute atomic E-state index is 0.0727. The summed E-state index contributed by atoms with van der Waals surface area (Å²) in [4.78, 5) is 38.5. The van der Waals surface area contributed by atoms with E-state index in [0.717, 1.165) is 70.6 Å². The molecule has 1 unspecified atom stereocenters. The normalized spacial score (nSPS) is 12.3. The summed E-state index contributed by atoms with van der Waals surface area (Å²) in [7, 11) is 0. The SMILES string of the molecule is CCCCC/C=C\C/C=C\CCCCCCCCCC(=O)OCC(COC(=O)CCCCCCCCCCCCCCCCC/C=C\CCCCCCCCCC)OC(=O)CCCCCCCCCCC/C=C\CCCCCCCCCC. The average Bonchev–Trinajstić information content (AvgIpc) is 3.50. The molecule has 0 aliphatic carbocycles. The molecule has 0 aromatic rings. The van der Waals surface area contributed by atoms with Crippen molar-refractivity contribution in [2.24, 2.45) is 0 Å². The standard InChI is InChI=1S/C77H142O6/c1-4-7-10-13-16-19-22-25-28-31-33-35-36-37-38-39-40-42-43-46-49-52-55-58-61-64-67-70-76(79)82-73-74(72-81-75(78)69-66-63-60-57-54-51-48-45-30-27-24-21-18-15-12-9-6-3)83-77(80)71-68-65-62-59-56-53-50-47-44-41-34-32-29-26-23-20-17-14-11-8-5-2/h18,21,27,30-34,74H,4-17,19-20,22-26,28-29,35-73H2,1-3H3/b21-18-,30-27-,33-31-,34-32-. The van der Waals surface area contributed by atoms with Crippen LogP contribution in [0.3, 0.4) is 0 Å².